The Bertz CT molecular complexity index is 1030. The number of amides is 1. The summed E-state index contributed by atoms with van der Waals surface area (Å²) in [6.07, 6.45) is 1.85. The fourth-order valence-electron chi connectivity index (χ4n) is 3.58. The number of thiazole rings is 1. The summed E-state index contributed by atoms with van der Waals surface area (Å²) < 4.78 is 12.2. The summed E-state index contributed by atoms with van der Waals surface area (Å²) in [7, 11) is 1.51. The van der Waals surface area contributed by atoms with E-state index in [2.05, 4.69) is 6.07 Å². The highest BCUT2D eigenvalue weighted by Crippen LogP contribution is 2.36. The molecule has 0 bridgehead atoms. The van der Waals surface area contributed by atoms with Crippen molar-refractivity contribution in [1.82, 2.24) is 9.88 Å². The third-order valence-corrected chi connectivity index (χ3v) is 6.23. The molecule has 3 aromatic rings. The number of likely N-dealkylation sites (tertiary alicyclic amines) is 1. The SMILES string of the molecule is COc1cc(C(C)=O)ccc1OCC(=O)N1CCCC1c1nc2ccccc2s1. The molecule has 1 amide bonds. The first-order valence-electron chi connectivity index (χ1n) is 9.53. The summed E-state index contributed by atoms with van der Waals surface area (Å²) in [6.45, 7) is 2.11. The summed E-state index contributed by atoms with van der Waals surface area (Å²) in [5.41, 5.74) is 1.51. The number of nitrogens with zero attached hydrogens (tertiary/aromatic N) is 2. The quantitative estimate of drug-likeness (QED) is 0.568. The number of hydrogen-bond acceptors (Lipinski definition) is 6. The van der Waals surface area contributed by atoms with Crippen molar-refractivity contribution in [2.24, 2.45) is 0 Å². The van der Waals surface area contributed by atoms with E-state index < -0.39 is 0 Å². The molecule has 150 valence electrons. The Morgan fingerprint density at radius 2 is 2.03 bits per heavy atom. The number of carbonyl (C=O) groups excluding carboxylic acids is 2. The second kappa shape index (κ2) is 8.21. The average molecular weight is 410 g/mol. The molecule has 6 nitrogen and oxygen atoms in total. The van der Waals surface area contributed by atoms with E-state index in [9.17, 15) is 9.59 Å². The number of aromatic nitrogens is 1. The monoisotopic (exact) mass is 410 g/mol. The number of benzene rings is 2. The summed E-state index contributed by atoms with van der Waals surface area (Å²) in [6, 6.07) is 13.0. The van der Waals surface area contributed by atoms with Crippen LogP contribution in [0.4, 0.5) is 0 Å². The Morgan fingerprint density at radius 1 is 1.21 bits per heavy atom. The maximum absolute atomic E-state index is 12.9. The lowest BCUT2D eigenvalue weighted by Crippen LogP contribution is -2.34. The van der Waals surface area contributed by atoms with Gasteiger partial charge in [0, 0.05) is 12.1 Å². The number of rotatable bonds is 6. The predicted octanol–water partition coefficient (Wildman–Crippen LogP) is 4.25. The second-order valence-electron chi connectivity index (χ2n) is 6.98. The molecule has 0 spiro atoms. The largest absolute Gasteiger partial charge is 0.493 e. The fraction of sp³-hybridized carbons (Fsp3) is 0.318. The van der Waals surface area contributed by atoms with Crippen LogP contribution < -0.4 is 9.47 Å². The zero-order valence-corrected chi connectivity index (χ0v) is 17.2. The first kappa shape index (κ1) is 19.4. The summed E-state index contributed by atoms with van der Waals surface area (Å²) in [4.78, 5) is 31.0. The highest BCUT2D eigenvalue weighted by Gasteiger charge is 2.32. The van der Waals surface area contributed by atoms with Crippen molar-refractivity contribution < 1.29 is 19.1 Å². The van der Waals surface area contributed by atoms with Crippen LogP contribution in [0, 0.1) is 0 Å². The predicted molar refractivity (Wildman–Crippen MR) is 112 cm³/mol. The Hall–Kier alpha value is -2.93. The minimum Gasteiger partial charge on any atom is -0.493 e. The zero-order valence-electron chi connectivity index (χ0n) is 16.4. The van der Waals surface area contributed by atoms with E-state index in [1.54, 1.807) is 29.5 Å². The van der Waals surface area contributed by atoms with E-state index in [1.807, 2.05) is 23.1 Å². The van der Waals surface area contributed by atoms with Crippen LogP contribution in [0.25, 0.3) is 10.2 Å². The van der Waals surface area contributed by atoms with E-state index in [-0.39, 0.29) is 24.3 Å². The van der Waals surface area contributed by atoms with Crippen LogP contribution in [-0.2, 0) is 4.79 Å². The minimum absolute atomic E-state index is 0.00881. The smallest absolute Gasteiger partial charge is 0.261 e. The number of hydrogen-bond donors (Lipinski definition) is 0. The van der Waals surface area contributed by atoms with Gasteiger partial charge in [-0.3, -0.25) is 9.59 Å². The molecule has 2 heterocycles. The summed E-state index contributed by atoms with van der Waals surface area (Å²) in [5, 5.41) is 0.973. The third kappa shape index (κ3) is 3.96. The molecule has 1 unspecified atom stereocenters. The van der Waals surface area contributed by atoms with Crippen LogP contribution in [0.5, 0.6) is 11.5 Å². The average Bonchev–Trinajstić information content (AvgIpc) is 3.38. The van der Waals surface area contributed by atoms with Gasteiger partial charge in [-0.15, -0.1) is 11.3 Å². The van der Waals surface area contributed by atoms with E-state index in [4.69, 9.17) is 14.5 Å². The normalized spacial score (nSPS) is 16.2. The lowest BCUT2D eigenvalue weighted by molar-refractivity contribution is -0.134. The molecule has 4 rings (SSSR count). The van der Waals surface area contributed by atoms with Gasteiger partial charge >= 0.3 is 0 Å². The van der Waals surface area contributed by atoms with Crippen LogP contribution in [-0.4, -0.2) is 41.8 Å². The van der Waals surface area contributed by atoms with E-state index in [0.717, 1.165) is 28.1 Å². The van der Waals surface area contributed by atoms with Crippen molar-refractivity contribution in [3.8, 4) is 11.5 Å². The Morgan fingerprint density at radius 3 is 2.79 bits per heavy atom. The number of ketones is 1. The molecular weight excluding hydrogens is 388 g/mol. The van der Waals surface area contributed by atoms with E-state index in [0.29, 0.717) is 23.6 Å². The number of carbonyl (C=O) groups is 2. The van der Waals surface area contributed by atoms with Crippen molar-refractivity contribution in [2.75, 3.05) is 20.3 Å². The van der Waals surface area contributed by atoms with Gasteiger partial charge in [-0.1, -0.05) is 12.1 Å². The molecule has 0 aliphatic carbocycles. The molecule has 7 heteroatoms. The second-order valence-corrected chi connectivity index (χ2v) is 8.04. The van der Waals surface area contributed by atoms with Gasteiger partial charge in [-0.25, -0.2) is 4.98 Å². The summed E-state index contributed by atoms with van der Waals surface area (Å²) >= 11 is 1.64. The van der Waals surface area contributed by atoms with Crippen molar-refractivity contribution in [2.45, 2.75) is 25.8 Å². The van der Waals surface area contributed by atoms with E-state index in [1.165, 1.54) is 14.0 Å². The lowest BCUT2D eigenvalue weighted by atomic mass is 10.1. The van der Waals surface area contributed by atoms with Crippen molar-refractivity contribution >= 4 is 33.2 Å². The standard InChI is InChI=1S/C22H22N2O4S/c1-14(25)15-9-10-18(19(12-15)27-2)28-13-21(26)24-11-5-7-17(24)22-23-16-6-3-4-8-20(16)29-22/h3-4,6,8-10,12,17H,5,7,11,13H2,1-2H3. The van der Waals surface area contributed by atoms with Gasteiger partial charge in [0.1, 0.15) is 5.01 Å². The van der Waals surface area contributed by atoms with Gasteiger partial charge in [0.25, 0.3) is 5.91 Å². The van der Waals surface area contributed by atoms with Gasteiger partial charge in [0.05, 0.1) is 23.4 Å². The van der Waals surface area contributed by atoms with Crippen LogP contribution >= 0.6 is 11.3 Å². The number of para-hydroxylation sites is 1. The third-order valence-electron chi connectivity index (χ3n) is 5.09. The first-order chi connectivity index (χ1) is 14.1. The Balaban J connectivity index is 1.47. The maximum atomic E-state index is 12.9. The van der Waals surface area contributed by atoms with Crippen molar-refractivity contribution in [3.63, 3.8) is 0 Å². The fourth-order valence-corrected chi connectivity index (χ4v) is 4.70. The topological polar surface area (TPSA) is 68.7 Å². The van der Waals surface area contributed by atoms with E-state index >= 15 is 0 Å². The summed E-state index contributed by atoms with van der Waals surface area (Å²) in [5.74, 6) is 0.752. The first-order valence-corrected chi connectivity index (χ1v) is 10.3. The number of fused-ring (bicyclic) bond motifs is 1. The lowest BCUT2D eigenvalue weighted by Gasteiger charge is -2.23. The molecule has 1 saturated heterocycles. The van der Waals surface area contributed by atoms with Crippen LogP contribution in [0.2, 0.25) is 0 Å². The molecule has 2 aromatic carbocycles. The highest BCUT2D eigenvalue weighted by molar-refractivity contribution is 7.18. The molecular formula is C22H22N2O4S. The van der Waals surface area contributed by atoms with Gasteiger partial charge in [0.2, 0.25) is 0 Å². The Kier molecular flexibility index (Phi) is 5.49. The van der Waals surface area contributed by atoms with Gasteiger partial charge in [-0.2, -0.15) is 0 Å². The van der Waals surface area contributed by atoms with Crippen LogP contribution in [0.1, 0.15) is 41.2 Å². The molecule has 1 aromatic heterocycles. The van der Waals surface area contributed by atoms with Crippen LogP contribution in [0.15, 0.2) is 42.5 Å². The molecule has 1 fully saturated rings. The molecule has 1 atom stereocenters. The molecule has 1 aliphatic rings. The van der Waals surface area contributed by atoms with Gasteiger partial charge < -0.3 is 14.4 Å². The molecule has 0 radical (unpaired) electrons. The zero-order chi connectivity index (χ0) is 20.4. The minimum atomic E-state index is -0.0861. The molecule has 0 N–H and O–H groups in total. The molecule has 0 saturated carbocycles. The van der Waals surface area contributed by atoms with Gasteiger partial charge in [-0.05, 0) is 50.1 Å². The van der Waals surface area contributed by atoms with Crippen molar-refractivity contribution in [3.05, 3.63) is 53.0 Å². The number of Topliss-reactive ketones (excluding diaryl/α,β-unsaturated/α-hetero) is 1. The van der Waals surface area contributed by atoms with Crippen molar-refractivity contribution in [1.29, 1.82) is 0 Å². The van der Waals surface area contributed by atoms with Gasteiger partial charge in [0.15, 0.2) is 23.9 Å². The molecule has 29 heavy (non-hydrogen) atoms. The highest BCUT2D eigenvalue weighted by atomic mass is 32.1. The van der Waals surface area contributed by atoms with Crippen LogP contribution in [0.3, 0.4) is 0 Å². The Labute approximate surface area is 173 Å². The molecule has 1 aliphatic heterocycles. The number of ether oxygens (including phenoxy) is 2. The number of methoxy groups -OCH3 is 1. The maximum Gasteiger partial charge on any atom is 0.261 e.